The lowest BCUT2D eigenvalue weighted by Gasteiger charge is -2.18. The lowest BCUT2D eigenvalue weighted by molar-refractivity contribution is -0.137. The lowest BCUT2D eigenvalue weighted by Crippen LogP contribution is -2.43. The molecule has 0 bridgehead atoms. The molecule has 84 valence electrons. The van der Waals surface area contributed by atoms with Gasteiger partial charge < -0.3 is 15.3 Å². The average Bonchev–Trinajstić information content (AvgIpc) is 2.64. The summed E-state index contributed by atoms with van der Waals surface area (Å²) in [5, 5.41) is 10.9. The van der Waals surface area contributed by atoms with Crippen molar-refractivity contribution in [3.8, 4) is 0 Å². The van der Waals surface area contributed by atoms with Gasteiger partial charge >= 0.3 is 5.97 Å². The van der Waals surface area contributed by atoms with Crippen molar-refractivity contribution in [3.63, 3.8) is 0 Å². The van der Waals surface area contributed by atoms with Crippen LogP contribution in [0.3, 0.4) is 0 Å². The Bertz CT molecular complexity index is 267. The van der Waals surface area contributed by atoms with Crippen LogP contribution >= 0.6 is 0 Å². The van der Waals surface area contributed by atoms with Crippen molar-refractivity contribution in [2.75, 3.05) is 13.1 Å². The number of carbonyl (C=O) groups is 3. The van der Waals surface area contributed by atoms with Crippen molar-refractivity contribution in [1.29, 1.82) is 0 Å². The van der Waals surface area contributed by atoms with Gasteiger partial charge in [0.25, 0.3) is 0 Å². The molecular formula is C9H14N2O4. The van der Waals surface area contributed by atoms with Crippen molar-refractivity contribution >= 4 is 18.3 Å². The molecule has 0 spiro atoms. The third-order valence-corrected chi connectivity index (χ3v) is 2.37. The topological polar surface area (TPSA) is 86.7 Å². The maximum Gasteiger partial charge on any atom is 0.305 e. The Hall–Kier alpha value is -1.59. The van der Waals surface area contributed by atoms with Gasteiger partial charge in [0, 0.05) is 13.1 Å². The molecule has 0 saturated carbocycles. The van der Waals surface area contributed by atoms with E-state index in [4.69, 9.17) is 5.11 Å². The smallest absolute Gasteiger partial charge is 0.305 e. The molecule has 1 aliphatic rings. The van der Waals surface area contributed by atoms with Crippen LogP contribution < -0.4 is 5.32 Å². The van der Waals surface area contributed by atoms with Gasteiger partial charge in [-0.1, -0.05) is 0 Å². The number of nitrogens with one attached hydrogen (secondary N) is 1. The fourth-order valence-corrected chi connectivity index (χ4v) is 1.61. The van der Waals surface area contributed by atoms with Crippen LogP contribution in [0.4, 0.5) is 0 Å². The minimum absolute atomic E-state index is 0.0977. The predicted molar refractivity (Wildman–Crippen MR) is 51.1 cm³/mol. The number of amides is 2. The van der Waals surface area contributed by atoms with E-state index in [-0.39, 0.29) is 18.9 Å². The Kier molecular flexibility index (Phi) is 4.08. The minimum Gasteiger partial charge on any atom is -0.481 e. The van der Waals surface area contributed by atoms with Gasteiger partial charge in [0.05, 0.1) is 6.42 Å². The monoisotopic (exact) mass is 214 g/mol. The van der Waals surface area contributed by atoms with E-state index in [0.717, 1.165) is 6.42 Å². The molecule has 1 aliphatic heterocycles. The Balaban J connectivity index is 2.33. The maximum absolute atomic E-state index is 11.5. The van der Waals surface area contributed by atoms with E-state index in [2.05, 4.69) is 5.32 Å². The third kappa shape index (κ3) is 3.23. The van der Waals surface area contributed by atoms with Crippen LogP contribution in [0, 0.1) is 0 Å². The van der Waals surface area contributed by atoms with Crippen LogP contribution in [0.2, 0.25) is 0 Å². The first-order valence-corrected chi connectivity index (χ1v) is 4.85. The third-order valence-electron chi connectivity index (χ3n) is 2.37. The largest absolute Gasteiger partial charge is 0.481 e. The second kappa shape index (κ2) is 5.33. The van der Waals surface area contributed by atoms with Gasteiger partial charge in [-0.15, -0.1) is 0 Å². The highest BCUT2D eigenvalue weighted by molar-refractivity contribution is 5.84. The van der Waals surface area contributed by atoms with Crippen molar-refractivity contribution < 1.29 is 19.5 Å². The highest BCUT2D eigenvalue weighted by atomic mass is 16.4. The summed E-state index contributed by atoms with van der Waals surface area (Å²) in [7, 11) is 0. The number of likely N-dealkylation sites (tertiary alicyclic amines) is 1. The van der Waals surface area contributed by atoms with Gasteiger partial charge in [-0.05, 0) is 12.8 Å². The maximum atomic E-state index is 11.5. The molecule has 0 aromatic rings. The first-order chi connectivity index (χ1) is 7.15. The summed E-state index contributed by atoms with van der Waals surface area (Å²) in [5.41, 5.74) is 0. The second-order valence-corrected chi connectivity index (χ2v) is 3.44. The first kappa shape index (κ1) is 11.5. The van der Waals surface area contributed by atoms with Gasteiger partial charge in [-0.3, -0.25) is 14.4 Å². The normalized spacial score (nSPS) is 20.0. The molecular weight excluding hydrogens is 200 g/mol. The lowest BCUT2D eigenvalue weighted by atomic mass is 10.2. The van der Waals surface area contributed by atoms with E-state index in [1.807, 2.05) is 0 Å². The minimum atomic E-state index is -0.950. The summed E-state index contributed by atoms with van der Waals surface area (Å²) in [6.45, 7) is 0.706. The quantitative estimate of drug-likeness (QED) is 0.586. The molecule has 1 rings (SSSR count). The highest BCUT2D eigenvalue weighted by Crippen LogP contribution is 2.14. The summed E-state index contributed by atoms with van der Waals surface area (Å²) >= 11 is 0. The average molecular weight is 214 g/mol. The van der Waals surface area contributed by atoms with Crippen LogP contribution in [0.15, 0.2) is 0 Å². The number of carboxylic acids is 1. The standard InChI is InChI=1S/C9H14N2O4/c12-6-11-5-1-2-7(11)9(15)10-4-3-8(13)14/h6-7H,1-5H2,(H,10,15)(H,13,14). The molecule has 2 amide bonds. The van der Waals surface area contributed by atoms with Crippen LogP contribution in [0.25, 0.3) is 0 Å². The van der Waals surface area contributed by atoms with Crippen molar-refractivity contribution in [2.24, 2.45) is 0 Å². The predicted octanol–water partition coefficient (Wildman–Crippen LogP) is -0.802. The van der Waals surface area contributed by atoms with Crippen LogP contribution in [0.1, 0.15) is 19.3 Å². The number of rotatable bonds is 5. The molecule has 0 radical (unpaired) electrons. The molecule has 0 aromatic carbocycles. The summed E-state index contributed by atoms with van der Waals surface area (Å²) in [6.07, 6.45) is 2.03. The van der Waals surface area contributed by atoms with Gasteiger partial charge in [0.1, 0.15) is 6.04 Å². The van der Waals surface area contributed by atoms with Gasteiger partial charge in [0.2, 0.25) is 12.3 Å². The Labute approximate surface area is 87.2 Å². The molecule has 15 heavy (non-hydrogen) atoms. The highest BCUT2D eigenvalue weighted by Gasteiger charge is 2.29. The number of nitrogens with zero attached hydrogens (tertiary/aromatic N) is 1. The summed E-state index contributed by atoms with van der Waals surface area (Å²) < 4.78 is 0. The van der Waals surface area contributed by atoms with Crippen LogP contribution in [-0.4, -0.2) is 47.4 Å². The fourth-order valence-electron chi connectivity index (χ4n) is 1.61. The van der Waals surface area contributed by atoms with E-state index >= 15 is 0 Å². The van der Waals surface area contributed by atoms with E-state index in [1.165, 1.54) is 4.90 Å². The van der Waals surface area contributed by atoms with E-state index in [9.17, 15) is 14.4 Å². The zero-order chi connectivity index (χ0) is 11.3. The number of carboxylic acid groups (broad SMARTS) is 1. The Morgan fingerprint density at radius 3 is 2.87 bits per heavy atom. The number of hydrogen-bond acceptors (Lipinski definition) is 3. The van der Waals surface area contributed by atoms with Gasteiger partial charge in [-0.2, -0.15) is 0 Å². The second-order valence-electron chi connectivity index (χ2n) is 3.44. The molecule has 1 fully saturated rings. The molecule has 1 saturated heterocycles. The summed E-state index contributed by atoms with van der Waals surface area (Å²) in [4.78, 5) is 33.7. The Morgan fingerprint density at radius 2 is 2.27 bits per heavy atom. The number of carbonyl (C=O) groups excluding carboxylic acids is 2. The van der Waals surface area contributed by atoms with Crippen molar-refractivity contribution in [1.82, 2.24) is 10.2 Å². The molecule has 1 atom stereocenters. The molecule has 6 heteroatoms. The van der Waals surface area contributed by atoms with Crippen LogP contribution in [-0.2, 0) is 14.4 Å². The van der Waals surface area contributed by atoms with E-state index < -0.39 is 12.0 Å². The molecule has 1 heterocycles. The molecule has 2 N–H and O–H groups in total. The molecule has 1 unspecified atom stereocenters. The summed E-state index contributed by atoms with van der Waals surface area (Å²) in [5.74, 6) is -1.21. The number of hydrogen-bond donors (Lipinski definition) is 2. The van der Waals surface area contributed by atoms with E-state index in [0.29, 0.717) is 19.4 Å². The molecule has 0 aliphatic carbocycles. The molecule has 6 nitrogen and oxygen atoms in total. The van der Waals surface area contributed by atoms with Gasteiger partial charge in [0.15, 0.2) is 0 Å². The Morgan fingerprint density at radius 1 is 1.53 bits per heavy atom. The molecule has 0 aromatic heterocycles. The SMILES string of the molecule is O=CN1CCCC1C(=O)NCCC(=O)O. The fraction of sp³-hybridized carbons (Fsp3) is 0.667. The van der Waals surface area contributed by atoms with Gasteiger partial charge in [-0.25, -0.2) is 0 Å². The number of aliphatic carboxylic acids is 1. The van der Waals surface area contributed by atoms with E-state index in [1.54, 1.807) is 0 Å². The van der Waals surface area contributed by atoms with Crippen molar-refractivity contribution in [3.05, 3.63) is 0 Å². The zero-order valence-electron chi connectivity index (χ0n) is 8.31. The van der Waals surface area contributed by atoms with Crippen molar-refractivity contribution in [2.45, 2.75) is 25.3 Å². The van der Waals surface area contributed by atoms with Crippen LogP contribution in [0.5, 0.6) is 0 Å². The summed E-state index contributed by atoms with van der Waals surface area (Å²) in [6, 6.07) is -0.420. The zero-order valence-corrected chi connectivity index (χ0v) is 8.31. The first-order valence-electron chi connectivity index (χ1n) is 4.85.